The number of aliphatic hydroxyl groups excluding tert-OH is 1. The summed E-state index contributed by atoms with van der Waals surface area (Å²) < 4.78 is 40.7. The molecule has 20 heavy (non-hydrogen) atoms. The maximum atomic E-state index is 12.0. The van der Waals surface area contributed by atoms with Crippen LogP contribution < -0.4 is 4.74 Å². The van der Waals surface area contributed by atoms with Crippen molar-refractivity contribution in [3.63, 3.8) is 0 Å². The molecule has 1 N–H and O–H groups in total. The van der Waals surface area contributed by atoms with Crippen molar-refractivity contribution >= 4 is 0 Å². The Labute approximate surface area is 116 Å². The minimum atomic E-state index is -4.31. The molecule has 1 heterocycles. The lowest BCUT2D eigenvalue weighted by molar-refractivity contribution is -0.153. The van der Waals surface area contributed by atoms with Crippen molar-refractivity contribution in [2.24, 2.45) is 0 Å². The topological polar surface area (TPSA) is 32.7 Å². The van der Waals surface area contributed by atoms with E-state index in [1.54, 1.807) is 24.3 Å². The maximum absolute atomic E-state index is 12.0. The summed E-state index contributed by atoms with van der Waals surface area (Å²) in [5.74, 6) is 0.222. The third-order valence-electron chi connectivity index (χ3n) is 3.29. The van der Waals surface area contributed by atoms with Crippen LogP contribution in [0.25, 0.3) is 0 Å². The molecule has 1 aliphatic heterocycles. The number of benzene rings is 1. The molecular formula is C14H18F3NO2. The Morgan fingerprint density at radius 2 is 1.75 bits per heavy atom. The number of nitrogens with zero attached hydrogens (tertiary/aromatic N) is 1. The largest absolute Gasteiger partial charge is 0.484 e. The molecule has 0 unspecified atom stereocenters. The van der Waals surface area contributed by atoms with Crippen LogP contribution >= 0.6 is 0 Å². The predicted octanol–water partition coefficient (Wildman–Crippen LogP) is 2.58. The van der Waals surface area contributed by atoms with Gasteiger partial charge in [-0.05, 0) is 30.5 Å². The number of rotatable bonds is 4. The van der Waals surface area contributed by atoms with E-state index in [0.29, 0.717) is 0 Å². The van der Waals surface area contributed by atoms with Gasteiger partial charge in [-0.25, -0.2) is 0 Å². The molecule has 0 atom stereocenters. The van der Waals surface area contributed by atoms with Crippen LogP contribution in [0.1, 0.15) is 18.4 Å². The molecule has 0 spiro atoms. The van der Waals surface area contributed by atoms with E-state index < -0.39 is 12.8 Å². The summed E-state index contributed by atoms with van der Waals surface area (Å²) in [4.78, 5) is 2.22. The predicted molar refractivity (Wildman–Crippen MR) is 68.5 cm³/mol. The fourth-order valence-electron chi connectivity index (χ4n) is 2.19. The maximum Gasteiger partial charge on any atom is 0.422 e. The fraction of sp³-hybridized carbons (Fsp3) is 0.571. The van der Waals surface area contributed by atoms with E-state index in [9.17, 15) is 18.3 Å². The molecule has 0 bridgehead atoms. The number of hydrogen-bond acceptors (Lipinski definition) is 3. The molecule has 0 amide bonds. The average Bonchev–Trinajstić information content (AvgIpc) is 2.40. The van der Waals surface area contributed by atoms with Crippen LogP contribution in [0.5, 0.6) is 5.75 Å². The Bertz CT molecular complexity index is 411. The van der Waals surface area contributed by atoms with Gasteiger partial charge in [-0.3, -0.25) is 4.90 Å². The summed E-state index contributed by atoms with van der Waals surface area (Å²) in [6, 6.07) is 6.66. The van der Waals surface area contributed by atoms with Gasteiger partial charge in [-0.2, -0.15) is 13.2 Å². The van der Waals surface area contributed by atoms with Gasteiger partial charge < -0.3 is 9.84 Å². The third-order valence-corrected chi connectivity index (χ3v) is 3.29. The zero-order chi connectivity index (χ0) is 14.6. The van der Waals surface area contributed by atoms with Crippen molar-refractivity contribution in [1.82, 2.24) is 4.90 Å². The standard InChI is InChI=1S/C14H18F3NO2/c15-14(16,17)10-20-13-3-1-11(2-4-13)9-18-7-5-12(19)6-8-18/h1-4,12,19H,5-10H2. The molecule has 0 aliphatic carbocycles. The number of halogens is 3. The SMILES string of the molecule is OC1CCN(Cc2ccc(OCC(F)(F)F)cc2)CC1. The quantitative estimate of drug-likeness (QED) is 0.924. The summed E-state index contributed by atoms with van der Waals surface area (Å²) >= 11 is 0. The minimum absolute atomic E-state index is 0.204. The summed E-state index contributed by atoms with van der Waals surface area (Å²) in [6.45, 7) is 1.16. The van der Waals surface area contributed by atoms with Crippen LogP contribution in [0.3, 0.4) is 0 Å². The monoisotopic (exact) mass is 289 g/mol. The molecule has 6 heteroatoms. The van der Waals surface area contributed by atoms with Crippen LogP contribution in [0.15, 0.2) is 24.3 Å². The molecule has 1 fully saturated rings. The number of piperidine rings is 1. The second kappa shape index (κ2) is 6.45. The fourth-order valence-corrected chi connectivity index (χ4v) is 2.19. The van der Waals surface area contributed by atoms with Gasteiger partial charge in [0, 0.05) is 19.6 Å². The van der Waals surface area contributed by atoms with E-state index in [0.717, 1.165) is 38.0 Å². The highest BCUT2D eigenvalue weighted by atomic mass is 19.4. The van der Waals surface area contributed by atoms with E-state index in [4.69, 9.17) is 0 Å². The van der Waals surface area contributed by atoms with Gasteiger partial charge in [0.05, 0.1) is 6.10 Å². The Morgan fingerprint density at radius 1 is 1.15 bits per heavy atom. The first-order valence-electron chi connectivity index (χ1n) is 6.61. The van der Waals surface area contributed by atoms with Gasteiger partial charge in [-0.15, -0.1) is 0 Å². The summed E-state index contributed by atoms with van der Waals surface area (Å²) in [6.07, 6.45) is -2.98. The molecule has 3 nitrogen and oxygen atoms in total. The van der Waals surface area contributed by atoms with Crippen molar-refractivity contribution < 1.29 is 23.0 Å². The zero-order valence-electron chi connectivity index (χ0n) is 11.1. The summed E-state index contributed by atoms with van der Waals surface area (Å²) in [7, 11) is 0. The third kappa shape index (κ3) is 5.02. The van der Waals surface area contributed by atoms with Crippen molar-refractivity contribution in [3.05, 3.63) is 29.8 Å². The zero-order valence-corrected chi connectivity index (χ0v) is 11.1. The highest BCUT2D eigenvalue weighted by molar-refractivity contribution is 5.27. The Morgan fingerprint density at radius 3 is 2.30 bits per heavy atom. The molecule has 1 aromatic carbocycles. The molecule has 0 saturated carbocycles. The van der Waals surface area contributed by atoms with Gasteiger partial charge in [0.2, 0.25) is 0 Å². The second-order valence-electron chi connectivity index (χ2n) is 5.06. The van der Waals surface area contributed by atoms with Crippen LogP contribution in [-0.2, 0) is 6.54 Å². The Balaban J connectivity index is 1.82. The van der Waals surface area contributed by atoms with Crippen LogP contribution in [0.2, 0.25) is 0 Å². The van der Waals surface area contributed by atoms with E-state index in [1.165, 1.54) is 0 Å². The van der Waals surface area contributed by atoms with Gasteiger partial charge in [0.25, 0.3) is 0 Å². The lowest BCUT2D eigenvalue weighted by Gasteiger charge is -2.29. The van der Waals surface area contributed by atoms with E-state index in [2.05, 4.69) is 9.64 Å². The molecule has 1 saturated heterocycles. The number of aliphatic hydroxyl groups is 1. The summed E-state index contributed by atoms with van der Waals surface area (Å²) in [5.41, 5.74) is 1.03. The lowest BCUT2D eigenvalue weighted by Crippen LogP contribution is -2.35. The number of hydrogen-bond donors (Lipinski definition) is 1. The molecule has 1 aliphatic rings. The molecular weight excluding hydrogens is 271 g/mol. The van der Waals surface area contributed by atoms with E-state index in [1.807, 2.05) is 0 Å². The Kier molecular flexibility index (Phi) is 4.88. The highest BCUT2D eigenvalue weighted by Crippen LogP contribution is 2.20. The van der Waals surface area contributed by atoms with Crippen molar-refractivity contribution in [1.29, 1.82) is 0 Å². The van der Waals surface area contributed by atoms with Crippen LogP contribution in [0.4, 0.5) is 13.2 Å². The first-order chi connectivity index (χ1) is 9.42. The number of ether oxygens (including phenoxy) is 1. The van der Waals surface area contributed by atoms with E-state index >= 15 is 0 Å². The molecule has 2 rings (SSSR count). The van der Waals surface area contributed by atoms with Crippen LogP contribution in [-0.4, -0.2) is 42.0 Å². The highest BCUT2D eigenvalue weighted by Gasteiger charge is 2.28. The second-order valence-corrected chi connectivity index (χ2v) is 5.06. The molecule has 1 aromatic rings. The van der Waals surface area contributed by atoms with Gasteiger partial charge in [0.15, 0.2) is 6.61 Å². The van der Waals surface area contributed by atoms with Gasteiger partial charge in [0.1, 0.15) is 5.75 Å². The van der Waals surface area contributed by atoms with Crippen molar-refractivity contribution in [2.45, 2.75) is 31.7 Å². The normalized spacial score (nSPS) is 18.2. The Hall–Kier alpha value is -1.27. The minimum Gasteiger partial charge on any atom is -0.484 e. The molecule has 0 radical (unpaired) electrons. The number of alkyl halides is 3. The number of likely N-dealkylation sites (tertiary alicyclic amines) is 1. The first-order valence-corrected chi connectivity index (χ1v) is 6.61. The lowest BCUT2D eigenvalue weighted by atomic mass is 10.1. The van der Waals surface area contributed by atoms with Gasteiger partial charge in [-0.1, -0.05) is 12.1 Å². The molecule has 0 aromatic heterocycles. The van der Waals surface area contributed by atoms with Crippen molar-refractivity contribution in [3.8, 4) is 5.75 Å². The smallest absolute Gasteiger partial charge is 0.422 e. The first kappa shape index (κ1) is 15.1. The summed E-state index contributed by atoms with van der Waals surface area (Å²) in [5, 5.41) is 9.42. The van der Waals surface area contributed by atoms with Crippen molar-refractivity contribution in [2.75, 3.05) is 19.7 Å². The van der Waals surface area contributed by atoms with E-state index in [-0.39, 0.29) is 11.9 Å². The molecule has 112 valence electrons. The van der Waals surface area contributed by atoms with Crippen LogP contribution in [0, 0.1) is 0 Å². The van der Waals surface area contributed by atoms with Gasteiger partial charge >= 0.3 is 6.18 Å². The average molecular weight is 289 g/mol.